The van der Waals surface area contributed by atoms with Crippen LogP contribution in [0.4, 0.5) is 11.9 Å². The second-order valence-electron chi connectivity index (χ2n) is 5.41. The molecule has 17 heavy (non-hydrogen) atoms. The third kappa shape index (κ3) is 3.21. The van der Waals surface area contributed by atoms with Gasteiger partial charge in [-0.25, -0.2) is 0 Å². The molecule has 1 aromatic heterocycles. The number of nitrogens with zero attached hydrogens (tertiary/aromatic N) is 4. The molecule has 0 atom stereocenters. The van der Waals surface area contributed by atoms with Crippen molar-refractivity contribution in [2.75, 3.05) is 9.62 Å². The minimum Gasteiger partial charge on any atom is -0.351 e. The Bertz CT molecular complexity index is 411. The monoisotopic (exact) mass is 253 g/mol. The van der Waals surface area contributed by atoms with E-state index >= 15 is 0 Å². The number of rotatable bonds is 3. The first-order chi connectivity index (χ1) is 7.86. The zero-order valence-corrected chi connectivity index (χ0v) is 11.6. The molecular formula is C11H19N5S. The number of hydrogen-bond acceptors (Lipinski definition) is 6. The molecule has 1 aromatic rings. The van der Waals surface area contributed by atoms with E-state index in [0.29, 0.717) is 23.8 Å². The van der Waals surface area contributed by atoms with E-state index in [1.807, 2.05) is 6.92 Å². The maximum Gasteiger partial charge on any atom is 0.240 e. The molecule has 0 saturated heterocycles. The third-order valence-corrected chi connectivity index (χ3v) is 3.25. The van der Waals surface area contributed by atoms with Crippen LogP contribution in [-0.4, -0.2) is 26.5 Å². The molecule has 0 spiro atoms. The third-order valence-electron chi connectivity index (χ3n) is 2.47. The van der Waals surface area contributed by atoms with Crippen molar-refractivity contribution in [3.8, 4) is 0 Å². The van der Waals surface area contributed by atoms with Gasteiger partial charge < -0.3 is 5.32 Å². The summed E-state index contributed by atoms with van der Waals surface area (Å²) in [5.74, 6) is 1.95. The van der Waals surface area contributed by atoms with E-state index in [1.54, 1.807) is 4.31 Å². The molecule has 1 aliphatic carbocycles. The predicted octanol–water partition coefficient (Wildman–Crippen LogP) is 2.20. The van der Waals surface area contributed by atoms with Crippen LogP contribution < -0.4 is 9.62 Å². The summed E-state index contributed by atoms with van der Waals surface area (Å²) in [6.07, 6.45) is 2.40. The fraction of sp³-hybridized carbons (Fsp3) is 0.727. The smallest absolute Gasteiger partial charge is 0.240 e. The van der Waals surface area contributed by atoms with E-state index in [1.165, 1.54) is 12.8 Å². The first-order valence-corrected chi connectivity index (χ1v) is 6.24. The molecule has 5 nitrogen and oxygen atoms in total. The molecule has 2 rings (SSSR count). The number of aryl methyl sites for hydroxylation is 1. The molecule has 1 heterocycles. The van der Waals surface area contributed by atoms with E-state index < -0.39 is 0 Å². The van der Waals surface area contributed by atoms with Crippen molar-refractivity contribution < 1.29 is 0 Å². The van der Waals surface area contributed by atoms with Crippen molar-refractivity contribution in [2.45, 2.75) is 52.1 Å². The van der Waals surface area contributed by atoms with Gasteiger partial charge in [-0.3, -0.25) is 4.31 Å². The van der Waals surface area contributed by atoms with E-state index in [2.05, 4.69) is 53.9 Å². The second-order valence-corrected chi connectivity index (χ2v) is 5.81. The highest BCUT2D eigenvalue weighted by Gasteiger charge is 2.25. The van der Waals surface area contributed by atoms with E-state index in [9.17, 15) is 0 Å². The molecule has 0 aromatic carbocycles. The van der Waals surface area contributed by atoms with Crippen LogP contribution in [0.3, 0.4) is 0 Å². The number of anilines is 2. The standard InChI is InChI=1S/C11H19N5S/c1-7-12-9(14-8-5-6-8)15-10(13-7)16(17)11(2,3)4/h8,17H,5-6H2,1-4H3,(H,12,13,14,15). The average Bonchev–Trinajstić information content (AvgIpc) is 2.98. The largest absolute Gasteiger partial charge is 0.351 e. The van der Waals surface area contributed by atoms with Crippen LogP contribution in [-0.2, 0) is 0 Å². The molecular weight excluding hydrogens is 234 g/mol. The molecule has 0 bridgehead atoms. The average molecular weight is 253 g/mol. The Balaban J connectivity index is 2.23. The topological polar surface area (TPSA) is 53.9 Å². The van der Waals surface area contributed by atoms with Gasteiger partial charge in [-0.1, -0.05) is 12.8 Å². The Morgan fingerprint density at radius 2 is 1.88 bits per heavy atom. The number of hydrogen-bond donors (Lipinski definition) is 2. The maximum atomic E-state index is 4.45. The first kappa shape index (κ1) is 12.4. The molecule has 94 valence electrons. The molecule has 0 amide bonds. The summed E-state index contributed by atoms with van der Waals surface area (Å²) in [5.41, 5.74) is -0.131. The van der Waals surface area contributed by atoms with E-state index in [-0.39, 0.29) is 5.54 Å². The van der Waals surface area contributed by atoms with Crippen molar-refractivity contribution in [3.05, 3.63) is 5.82 Å². The number of thiol groups is 1. The van der Waals surface area contributed by atoms with Gasteiger partial charge in [0.25, 0.3) is 0 Å². The van der Waals surface area contributed by atoms with E-state index in [4.69, 9.17) is 0 Å². The van der Waals surface area contributed by atoms with Crippen LogP contribution in [0.2, 0.25) is 0 Å². The molecule has 6 heteroatoms. The van der Waals surface area contributed by atoms with Crippen LogP contribution in [0.15, 0.2) is 0 Å². The quantitative estimate of drug-likeness (QED) is 0.809. The van der Waals surface area contributed by atoms with Crippen molar-refractivity contribution in [1.29, 1.82) is 0 Å². The highest BCUT2D eigenvalue weighted by molar-refractivity contribution is 7.81. The lowest BCUT2D eigenvalue weighted by atomic mass is 10.1. The summed E-state index contributed by atoms with van der Waals surface area (Å²) in [4.78, 5) is 13.0. The Morgan fingerprint density at radius 1 is 1.24 bits per heavy atom. The predicted molar refractivity (Wildman–Crippen MR) is 72.4 cm³/mol. The van der Waals surface area contributed by atoms with Gasteiger partial charge in [-0.05, 0) is 40.5 Å². The van der Waals surface area contributed by atoms with Gasteiger partial charge in [0, 0.05) is 11.6 Å². The van der Waals surface area contributed by atoms with E-state index in [0.717, 1.165) is 0 Å². The van der Waals surface area contributed by atoms with Crippen LogP contribution in [0.5, 0.6) is 0 Å². The van der Waals surface area contributed by atoms with Crippen LogP contribution in [0.25, 0.3) is 0 Å². The van der Waals surface area contributed by atoms with Crippen molar-refractivity contribution in [1.82, 2.24) is 15.0 Å². The van der Waals surface area contributed by atoms with Crippen molar-refractivity contribution in [3.63, 3.8) is 0 Å². The lowest BCUT2D eigenvalue weighted by molar-refractivity contribution is 0.580. The molecule has 0 unspecified atom stereocenters. The maximum absolute atomic E-state index is 4.45. The van der Waals surface area contributed by atoms with Gasteiger partial charge in [0.2, 0.25) is 11.9 Å². The summed E-state index contributed by atoms with van der Waals surface area (Å²) >= 11 is 4.45. The van der Waals surface area contributed by atoms with Crippen LogP contribution >= 0.6 is 12.8 Å². The fourth-order valence-electron chi connectivity index (χ4n) is 1.34. The normalized spacial score (nSPS) is 15.8. The Morgan fingerprint density at radius 3 is 2.41 bits per heavy atom. The van der Waals surface area contributed by atoms with Gasteiger partial charge in [0.1, 0.15) is 5.82 Å². The Labute approximate surface area is 108 Å². The van der Waals surface area contributed by atoms with Gasteiger partial charge >= 0.3 is 0 Å². The molecule has 1 fully saturated rings. The Kier molecular flexibility index (Phi) is 3.16. The van der Waals surface area contributed by atoms with Gasteiger partial charge in [0.05, 0.1) is 0 Å². The number of aromatic nitrogens is 3. The highest BCUT2D eigenvalue weighted by Crippen LogP contribution is 2.26. The lowest BCUT2D eigenvalue weighted by Crippen LogP contribution is -2.35. The SMILES string of the molecule is Cc1nc(NC2CC2)nc(N(S)C(C)(C)C)n1. The zero-order valence-electron chi connectivity index (χ0n) is 10.7. The van der Waals surface area contributed by atoms with Crippen molar-refractivity contribution in [2.24, 2.45) is 0 Å². The summed E-state index contributed by atoms with van der Waals surface area (Å²) in [7, 11) is 0. The summed E-state index contributed by atoms with van der Waals surface area (Å²) in [5, 5.41) is 3.28. The fourth-order valence-corrected chi connectivity index (χ4v) is 1.43. The Hall–Kier alpha value is -1.04. The summed E-state index contributed by atoms with van der Waals surface area (Å²) < 4.78 is 1.76. The number of nitrogens with one attached hydrogen (secondary N) is 1. The molecule has 0 radical (unpaired) electrons. The van der Waals surface area contributed by atoms with Crippen LogP contribution in [0, 0.1) is 6.92 Å². The summed E-state index contributed by atoms with van der Waals surface area (Å²) in [6.45, 7) is 8.06. The zero-order chi connectivity index (χ0) is 12.6. The first-order valence-electron chi connectivity index (χ1n) is 5.84. The van der Waals surface area contributed by atoms with Crippen molar-refractivity contribution >= 4 is 24.7 Å². The minimum absolute atomic E-state index is 0.131. The van der Waals surface area contributed by atoms with Crippen LogP contribution in [0.1, 0.15) is 39.4 Å². The highest BCUT2D eigenvalue weighted by atomic mass is 32.1. The molecule has 1 saturated carbocycles. The molecule has 0 aliphatic heterocycles. The van der Waals surface area contributed by atoms with Gasteiger partial charge in [-0.15, -0.1) is 0 Å². The minimum atomic E-state index is -0.131. The second kappa shape index (κ2) is 4.33. The lowest BCUT2D eigenvalue weighted by Gasteiger charge is -2.30. The molecule has 1 aliphatic rings. The molecule has 1 N–H and O–H groups in total. The van der Waals surface area contributed by atoms with Gasteiger partial charge in [-0.2, -0.15) is 15.0 Å². The summed E-state index contributed by atoms with van der Waals surface area (Å²) in [6, 6.07) is 0.535. The van der Waals surface area contributed by atoms with Gasteiger partial charge in [0.15, 0.2) is 0 Å².